The summed E-state index contributed by atoms with van der Waals surface area (Å²) < 4.78 is 70.3. The van der Waals surface area contributed by atoms with Gasteiger partial charge >= 0.3 is 6.18 Å². The average molecular weight is 419 g/mol. The smallest absolute Gasteiger partial charge is 0.349 e. The van der Waals surface area contributed by atoms with E-state index in [4.69, 9.17) is 9.47 Å². The average Bonchev–Trinajstić information content (AvgIpc) is 3.09. The fourth-order valence-electron chi connectivity index (χ4n) is 8.42. The number of halogens is 4. The highest BCUT2D eigenvalue weighted by molar-refractivity contribution is 5.17. The highest BCUT2D eigenvalue weighted by Gasteiger charge is 2.74. The Balaban J connectivity index is 1.32. The van der Waals surface area contributed by atoms with Crippen molar-refractivity contribution in [2.45, 2.75) is 95.2 Å². The van der Waals surface area contributed by atoms with Crippen molar-refractivity contribution in [1.82, 2.24) is 0 Å². The van der Waals surface area contributed by atoms with Crippen LogP contribution >= 0.6 is 0 Å². The Kier molecular flexibility index (Phi) is 4.49. The second-order valence-electron chi connectivity index (χ2n) is 11.4. The third kappa shape index (κ3) is 2.86. The molecule has 0 spiro atoms. The van der Waals surface area contributed by atoms with Crippen LogP contribution in [0.1, 0.15) is 72.1 Å². The predicted molar refractivity (Wildman–Crippen MR) is 101 cm³/mol. The van der Waals surface area contributed by atoms with E-state index >= 15 is 4.39 Å². The molecule has 6 aliphatic rings. The van der Waals surface area contributed by atoms with Crippen molar-refractivity contribution < 1.29 is 27.0 Å². The molecule has 2 nitrogen and oxygen atoms in total. The molecule has 0 saturated heterocycles. The van der Waals surface area contributed by atoms with E-state index in [-0.39, 0.29) is 29.8 Å². The Morgan fingerprint density at radius 1 is 0.862 bits per heavy atom. The van der Waals surface area contributed by atoms with Gasteiger partial charge < -0.3 is 9.47 Å². The van der Waals surface area contributed by atoms with E-state index in [0.717, 1.165) is 26.2 Å². The monoisotopic (exact) mass is 418 g/mol. The second kappa shape index (κ2) is 6.34. The summed E-state index contributed by atoms with van der Waals surface area (Å²) in [6, 6.07) is 0. The molecule has 0 aromatic rings. The molecule has 6 unspecified atom stereocenters. The lowest BCUT2D eigenvalue weighted by molar-refractivity contribution is -0.352. The third-order valence-corrected chi connectivity index (χ3v) is 9.94. The summed E-state index contributed by atoms with van der Waals surface area (Å²) in [5, 5.41) is 0. The summed E-state index contributed by atoms with van der Waals surface area (Å²) in [6.45, 7) is 4.39. The van der Waals surface area contributed by atoms with Gasteiger partial charge in [0, 0.05) is 0 Å². The largest absolute Gasteiger partial charge is 0.420 e. The quantitative estimate of drug-likeness (QED) is 0.386. The zero-order valence-corrected chi connectivity index (χ0v) is 17.7. The molecule has 166 valence electrons. The molecule has 0 amide bonds. The minimum atomic E-state index is -4.78. The zero-order valence-electron chi connectivity index (χ0n) is 17.7. The van der Waals surface area contributed by atoms with Crippen molar-refractivity contribution in [2.24, 2.45) is 41.4 Å². The number of fused-ring (bicyclic) bond motifs is 2. The van der Waals surface area contributed by atoms with Crippen molar-refractivity contribution in [1.29, 1.82) is 0 Å². The van der Waals surface area contributed by atoms with Gasteiger partial charge in [0.2, 0.25) is 0 Å². The Morgan fingerprint density at radius 3 is 1.86 bits per heavy atom. The number of alkyl halides is 4. The Bertz CT molecular complexity index is 626. The molecule has 0 aliphatic heterocycles. The fourth-order valence-corrected chi connectivity index (χ4v) is 8.42. The highest BCUT2D eigenvalue weighted by Crippen LogP contribution is 2.65. The normalized spacial score (nSPS) is 52.9. The number of rotatable bonds is 5. The van der Waals surface area contributed by atoms with Crippen LogP contribution < -0.4 is 0 Å². The first-order valence-corrected chi connectivity index (χ1v) is 11.5. The lowest BCUT2D eigenvalue weighted by atomic mass is 9.54. The van der Waals surface area contributed by atoms with Gasteiger partial charge in [-0.15, -0.1) is 0 Å². The van der Waals surface area contributed by atoms with E-state index in [2.05, 4.69) is 0 Å². The van der Waals surface area contributed by atoms with E-state index in [9.17, 15) is 13.2 Å². The summed E-state index contributed by atoms with van der Waals surface area (Å²) in [5.74, 6) is 1.52. The molecule has 29 heavy (non-hydrogen) atoms. The molecule has 0 radical (unpaired) electrons. The highest BCUT2D eigenvalue weighted by atomic mass is 19.4. The molecular weight excluding hydrogens is 384 g/mol. The molecule has 6 atom stereocenters. The molecule has 0 aromatic carbocycles. The summed E-state index contributed by atoms with van der Waals surface area (Å²) in [6.07, 6.45) is 2.16. The number of hydrogen-bond acceptors (Lipinski definition) is 2. The molecule has 6 fully saturated rings. The number of hydrogen-bond donors (Lipinski definition) is 0. The van der Waals surface area contributed by atoms with Crippen LogP contribution in [0.2, 0.25) is 0 Å². The van der Waals surface area contributed by atoms with Gasteiger partial charge in [0.1, 0.15) is 6.79 Å². The lowest BCUT2D eigenvalue weighted by Gasteiger charge is -2.56. The summed E-state index contributed by atoms with van der Waals surface area (Å²) in [5.41, 5.74) is -5.55. The van der Waals surface area contributed by atoms with Gasteiger partial charge in [-0.25, -0.2) is 4.39 Å². The Morgan fingerprint density at radius 2 is 1.41 bits per heavy atom. The molecule has 6 aliphatic carbocycles. The minimum absolute atomic E-state index is 0.00865. The van der Waals surface area contributed by atoms with Gasteiger partial charge in [0.25, 0.3) is 0 Å². The second-order valence-corrected chi connectivity index (χ2v) is 11.4. The molecule has 0 N–H and O–H groups in total. The summed E-state index contributed by atoms with van der Waals surface area (Å²) >= 11 is 0. The van der Waals surface area contributed by atoms with Crippen molar-refractivity contribution >= 4 is 0 Å². The van der Waals surface area contributed by atoms with Gasteiger partial charge in [-0.1, -0.05) is 13.8 Å². The van der Waals surface area contributed by atoms with Crippen LogP contribution in [0.4, 0.5) is 17.6 Å². The van der Waals surface area contributed by atoms with E-state index in [0.29, 0.717) is 24.2 Å². The van der Waals surface area contributed by atoms with Crippen molar-refractivity contribution in [2.75, 3.05) is 6.79 Å². The van der Waals surface area contributed by atoms with Crippen LogP contribution in [-0.4, -0.2) is 29.8 Å². The molecule has 0 aromatic heterocycles. The first kappa shape index (κ1) is 20.5. The van der Waals surface area contributed by atoms with E-state index in [1.807, 2.05) is 13.8 Å². The molecular formula is C23H34F4O2. The van der Waals surface area contributed by atoms with Crippen LogP contribution in [0, 0.1) is 41.4 Å². The standard InChI is InChI=1S/C23H34F4O2/c1-13-14(2)19-7-18(13)11-22(19,24)20(3,23(25,26)27)28-12-29-21-8-15-4-16(9-21)6-17(5-15)10-21/h13-19H,4-12H2,1-3H3. The Labute approximate surface area is 171 Å². The van der Waals surface area contributed by atoms with Crippen molar-refractivity contribution in [3.63, 3.8) is 0 Å². The predicted octanol–water partition coefficient (Wildman–Crippen LogP) is 6.29. The van der Waals surface area contributed by atoms with Crippen LogP contribution in [-0.2, 0) is 9.47 Å². The van der Waals surface area contributed by atoms with Gasteiger partial charge in [-0.3, -0.25) is 0 Å². The maximum Gasteiger partial charge on any atom is 0.420 e. The van der Waals surface area contributed by atoms with Crippen LogP contribution in [0.5, 0.6) is 0 Å². The first-order valence-electron chi connectivity index (χ1n) is 11.5. The minimum Gasteiger partial charge on any atom is -0.349 e. The van der Waals surface area contributed by atoms with Crippen LogP contribution in [0.25, 0.3) is 0 Å². The van der Waals surface area contributed by atoms with Gasteiger partial charge in [-0.05, 0) is 99.7 Å². The Hall–Kier alpha value is -0.360. The molecule has 6 rings (SSSR count). The van der Waals surface area contributed by atoms with Gasteiger partial charge in [-0.2, -0.15) is 13.2 Å². The van der Waals surface area contributed by atoms with E-state index < -0.39 is 30.2 Å². The SMILES string of the molecule is CC1C2CC(C1C)C(F)(C(C)(OCOC13CC4CC(CC(C4)C1)C3)C(F)(F)F)C2. The topological polar surface area (TPSA) is 18.5 Å². The maximum atomic E-state index is 16.2. The van der Waals surface area contributed by atoms with E-state index in [1.165, 1.54) is 19.3 Å². The van der Waals surface area contributed by atoms with Gasteiger partial charge in [0.05, 0.1) is 5.60 Å². The molecule has 6 saturated carbocycles. The maximum absolute atomic E-state index is 16.2. The lowest BCUT2D eigenvalue weighted by Crippen LogP contribution is -2.64. The van der Waals surface area contributed by atoms with Gasteiger partial charge in [0.15, 0.2) is 11.3 Å². The third-order valence-electron chi connectivity index (χ3n) is 9.94. The summed E-state index contributed by atoms with van der Waals surface area (Å²) in [4.78, 5) is 0. The molecule has 6 bridgehead atoms. The fraction of sp³-hybridized carbons (Fsp3) is 1.00. The molecule has 6 heteroatoms. The zero-order chi connectivity index (χ0) is 20.8. The molecule has 0 heterocycles. The van der Waals surface area contributed by atoms with Crippen molar-refractivity contribution in [3.8, 4) is 0 Å². The summed E-state index contributed by atoms with van der Waals surface area (Å²) in [7, 11) is 0. The number of ether oxygens (including phenoxy) is 2. The van der Waals surface area contributed by atoms with E-state index in [1.54, 1.807) is 0 Å². The van der Waals surface area contributed by atoms with Crippen LogP contribution in [0.15, 0.2) is 0 Å². The first-order chi connectivity index (χ1) is 13.5. The van der Waals surface area contributed by atoms with Crippen LogP contribution in [0.3, 0.4) is 0 Å². The van der Waals surface area contributed by atoms with Crippen molar-refractivity contribution in [3.05, 3.63) is 0 Å².